The summed E-state index contributed by atoms with van der Waals surface area (Å²) in [6, 6.07) is 17.4. The third-order valence-electron chi connectivity index (χ3n) is 5.69. The summed E-state index contributed by atoms with van der Waals surface area (Å²) in [5.74, 6) is -0.800. The van der Waals surface area contributed by atoms with Gasteiger partial charge in [-0.1, -0.05) is 24.3 Å². The van der Waals surface area contributed by atoms with Gasteiger partial charge >= 0.3 is 6.03 Å². The maximum Gasteiger partial charge on any atom is 0.335 e. The van der Waals surface area contributed by atoms with Crippen molar-refractivity contribution in [3.8, 4) is 11.8 Å². The van der Waals surface area contributed by atoms with Gasteiger partial charge < -0.3 is 4.74 Å². The summed E-state index contributed by atoms with van der Waals surface area (Å²) in [5.41, 5.74) is 4.14. The van der Waals surface area contributed by atoms with Crippen molar-refractivity contribution in [2.24, 2.45) is 0 Å². The molecule has 0 bridgehead atoms. The Labute approximate surface area is 235 Å². The molecule has 0 radical (unpaired) electrons. The van der Waals surface area contributed by atoms with Gasteiger partial charge in [0.2, 0.25) is 0 Å². The maximum atomic E-state index is 13.2. The number of amides is 4. The van der Waals surface area contributed by atoms with Crippen LogP contribution in [0.15, 0.2) is 60.2 Å². The Morgan fingerprint density at radius 2 is 1.69 bits per heavy atom. The van der Waals surface area contributed by atoms with Crippen LogP contribution in [0.5, 0.6) is 5.75 Å². The summed E-state index contributed by atoms with van der Waals surface area (Å²) in [4.78, 5) is 39.3. The van der Waals surface area contributed by atoms with E-state index in [1.807, 2.05) is 32.0 Å². The summed E-state index contributed by atoms with van der Waals surface area (Å²) in [5, 5.41) is 11.6. The third kappa shape index (κ3) is 5.29. The fraction of sp³-hybridized carbons (Fsp3) is 0.111. The average molecular weight is 703 g/mol. The number of ether oxygens (including phenoxy) is 1. The minimum Gasteiger partial charge on any atom is -0.487 e. The molecule has 1 heterocycles. The van der Waals surface area contributed by atoms with Crippen LogP contribution in [0, 0.1) is 32.3 Å². The molecule has 180 valence electrons. The second kappa shape index (κ2) is 10.8. The normalized spacial score (nSPS) is 14.6. The number of nitriles is 1. The summed E-state index contributed by atoms with van der Waals surface area (Å²) in [7, 11) is 0. The molecular formula is C27H19I2N3O4. The first kappa shape index (κ1) is 25.8. The van der Waals surface area contributed by atoms with Crippen molar-refractivity contribution in [3.05, 3.63) is 95.1 Å². The Morgan fingerprint density at radius 1 is 1.00 bits per heavy atom. The number of carbonyl (C=O) groups is 3. The molecule has 0 spiro atoms. The highest BCUT2D eigenvalue weighted by molar-refractivity contribution is 14.1. The second-order valence-corrected chi connectivity index (χ2v) is 10.4. The molecular weight excluding hydrogens is 684 g/mol. The molecule has 0 atom stereocenters. The number of benzene rings is 3. The number of barbiturate groups is 1. The van der Waals surface area contributed by atoms with Crippen LogP contribution < -0.4 is 15.0 Å². The molecule has 0 saturated carbocycles. The van der Waals surface area contributed by atoms with Crippen LogP contribution in [0.1, 0.15) is 27.8 Å². The molecule has 0 aromatic heterocycles. The molecule has 1 saturated heterocycles. The molecule has 1 aliphatic rings. The quantitative estimate of drug-likeness (QED) is 0.211. The van der Waals surface area contributed by atoms with Gasteiger partial charge in [-0.25, -0.2) is 9.69 Å². The van der Waals surface area contributed by atoms with Gasteiger partial charge in [-0.15, -0.1) is 0 Å². The highest BCUT2D eigenvalue weighted by atomic mass is 127. The van der Waals surface area contributed by atoms with E-state index in [9.17, 15) is 19.6 Å². The first-order valence-electron chi connectivity index (χ1n) is 10.8. The number of imide groups is 2. The number of carbonyl (C=O) groups excluding carboxylic acids is 3. The number of halogens is 2. The van der Waals surface area contributed by atoms with Gasteiger partial charge in [0.1, 0.15) is 17.9 Å². The SMILES string of the molecule is Cc1ccc(N2C(=O)NC(=O)/C(=C\c3cc(I)c(OCc4ccccc4C#N)c(I)c3)C2=O)cc1C. The number of nitrogens with one attached hydrogen (secondary N) is 1. The molecule has 3 aromatic carbocycles. The molecule has 3 aromatic rings. The van der Waals surface area contributed by atoms with Gasteiger partial charge in [0.05, 0.1) is 24.5 Å². The largest absolute Gasteiger partial charge is 0.487 e. The van der Waals surface area contributed by atoms with Crippen LogP contribution in [0.25, 0.3) is 6.08 Å². The van der Waals surface area contributed by atoms with E-state index in [4.69, 9.17) is 4.74 Å². The van der Waals surface area contributed by atoms with Gasteiger partial charge in [0, 0.05) is 5.56 Å². The van der Waals surface area contributed by atoms with E-state index in [1.165, 1.54) is 6.08 Å². The summed E-state index contributed by atoms with van der Waals surface area (Å²) in [6.07, 6.45) is 1.47. The topological polar surface area (TPSA) is 99.5 Å². The zero-order valence-corrected chi connectivity index (χ0v) is 23.6. The minimum absolute atomic E-state index is 0.143. The van der Waals surface area contributed by atoms with Crippen molar-refractivity contribution in [3.63, 3.8) is 0 Å². The fourth-order valence-electron chi connectivity index (χ4n) is 3.63. The molecule has 1 aliphatic heterocycles. The van der Waals surface area contributed by atoms with Crippen molar-refractivity contribution in [1.82, 2.24) is 5.32 Å². The van der Waals surface area contributed by atoms with E-state index in [1.54, 1.807) is 36.4 Å². The molecule has 4 rings (SSSR count). The van der Waals surface area contributed by atoms with Gasteiger partial charge in [-0.05, 0) is 112 Å². The molecule has 4 amide bonds. The van der Waals surface area contributed by atoms with E-state index < -0.39 is 17.8 Å². The monoisotopic (exact) mass is 703 g/mol. The number of nitrogens with zero attached hydrogens (tertiary/aromatic N) is 2. The number of urea groups is 1. The Balaban J connectivity index is 1.62. The van der Waals surface area contributed by atoms with Gasteiger partial charge in [0.25, 0.3) is 11.8 Å². The van der Waals surface area contributed by atoms with Crippen molar-refractivity contribution >= 4 is 74.8 Å². The molecule has 1 N–H and O–H groups in total. The molecule has 36 heavy (non-hydrogen) atoms. The van der Waals surface area contributed by atoms with Crippen LogP contribution in [0.3, 0.4) is 0 Å². The number of aryl methyl sites for hydroxylation is 2. The van der Waals surface area contributed by atoms with Crippen molar-refractivity contribution < 1.29 is 19.1 Å². The van der Waals surface area contributed by atoms with Crippen LogP contribution in [-0.4, -0.2) is 17.8 Å². The lowest BCUT2D eigenvalue weighted by Crippen LogP contribution is -2.54. The zero-order chi connectivity index (χ0) is 26.0. The van der Waals surface area contributed by atoms with Crippen LogP contribution >= 0.6 is 45.2 Å². The highest BCUT2D eigenvalue weighted by Crippen LogP contribution is 2.31. The fourth-order valence-corrected chi connectivity index (χ4v) is 5.76. The molecule has 0 unspecified atom stereocenters. The van der Waals surface area contributed by atoms with E-state index in [2.05, 4.69) is 56.6 Å². The Hall–Kier alpha value is -3.24. The predicted octanol–water partition coefficient (Wildman–Crippen LogP) is 5.63. The average Bonchev–Trinajstić information content (AvgIpc) is 2.83. The standard InChI is InChI=1S/C27H19I2N3O4/c1-15-7-8-20(9-16(15)2)32-26(34)21(25(33)31-27(32)35)10-17-11-22(28)24(23(29)12-17)36-14-19-6-4-3-5-18(19)13-30/h3-12H,14H2,1-2H3,(H,31,33,35)/b21-10+. The first-order valence-corrected chi connectivity index (χ1v) is 12.9. The predicted molar refractivity (Wildman–Crippen MR) is 152 cm³/mol. The Morgan fingerprint density at radius 3 is 2.36 bits per heavy atom. The van der Waals surface area contributed by atoms with Crippen LogP contribution in [0.2, 0.25) is 0 Å². The maximum absolute atomic E-state index is 13.2. The van der Waals surface area contributed by atoms with Gasteiger partial charge in [-0.3, -0.25) is 14.9 Å². The van der Waals surface area contributed by atoms with E-state index in [0.717, 1.165) is 28.7 Å². The summed E-state index contributed by atoms with van der Waals surface area (Å²) in [6.45, 7) is 4.05. The third-order valence-corrected chi connectivity index (χ3v) is 7.29. The van der Waals surface area contributed by atoms with E-state index in [0.29, 0.717) is 22.6 Å². The van der Waals surface area contributed by atoms with Gasteiger partial charge in [0.15, 0.2) is 0 Å². The number of hydrogen-bond acceptors (Lipinski definition) is 5. The van der Waals surface area contributed by atoms with Crippen molar-refractivity contribution in [2.75, 3.05) is 4.90 Å². The molecule has 1 fully saturated rings. The highest BCUT2D eigenvalue weighted by Gasteiger charge is 2.37. The van der Waals surface area contributed by atoms with E-state index in [-0.39, 0.29) is 12.2 Å². The number of hydrogen-bond donors (Lipinski definition) is 1. The van der Waals surface area contributed by atoms with E-state index >= 15 is 0 Å². The lowest BCUT2D eigenvalue weighted by molar-refractivity contribution is -0.122. The lowest BCUT2D eigenvalue weighted by Gasteiger charge is -2.27. The smallest absolute Gasteiger partial charge is 0.335 e. The second-order valence-electron chi connectivity index (χ2n) is 8.10. The first-order chi connectivity index (χ1) is 17.2. The van der Waals surface area contributed by atoms with Gasteiger partial charge in [-0.2, -0.15) is 5.26 Å². The Kier molecular flexibility index (Phi) is 7.75. The zero-order valence-electron chi connectivity index (χ0n) is 19.3. The van der Waals surface area contributed by atoms with Crippen LogP contribution in [0.4, 0.5) is 10.5 Å². The number of anilines is 1. The van der Waals surface area contributed by atoms with Crippen molar-refractivity contribution in [2.45, 2.75) is 20.5 Å². The summed E-state index contributed by atoms with van der Waals surface area (Å²) < 4.78 is 7.55. The minimum atomic E-state index is -0.782. The summed E-state index contributed by atoms with van der Waals surface area (Å²) >= 11 is 4.25. The number of rotatable bonds is 5. The molecule has 0 aliphatic carbocycles. The van der Waals surface area contributed by atoms with Crippen LogP contribution in [-0.2, 0) is 16.2 Å². The van der Waals surface area contributed by atoms with Crippen molar-refractivity contribution in [1.29, 1.82) is 5.26 Å². The molecule has 7 nitrogen and oxygen atoms in total. The lowest BCUT2D eigenvalue weighted by atomic mass is 10.0. The molecule has 9 heteroatoms. The Bertz CT molecular complexity index is 1470.